The summed E-state index contributed by atoms with van der Waals surface area (Å²) in [5, 5.41) is 11.2. The molecule has 0 spiro atoms. The SMILES string of the molecule is OCC1(c2ccccc2)SCCC(c2ccccc2Cl)S1. The maximum absolute atomic E-state index is 10.1. The molecule has 0 aromatic heterocycles. The summed E-state index contributed by atoms with van der Waals surface area (Å²) in [6, 6.07) is 18.3. The van der Waals surface area contributed by atoms with Crippen LogP contribution in [0.25, 0.3) is 0 Å². The predicted octanol–water partition coefficient (Wildman–Crippen LogP) is 5.10. The predicted molar refractivity (Wildman–Crippen MR) is 94.1 cm³/mol. The minimum Gasteiger partial charge on any atom is -0.394 e. The number of aliphatic hydroxyl groups excluding tert-OH is 1. The third-order valence-corrected chi connectivity index (χ3v) is 7.50. The summed E-state index contributed by atoms with van der Waals surface area (Å²) in [7, 11) is 0. The maximum Gasteiger partial charge on any atom is 0.110 e. The molecule has 3 rings (SSSR count). The van der Waals surface area contributed by atoms with Crippen molar-refractivity contribution in [2.24, 2.45) is 0 Å². The zero-order valence-corrected chi connectivity index (χ0v) is 13.9. The van der Waals surface area contributed by atoms with Crippen molar-refractivity contribution in [1.82, 2.24) is 0 Å². The van der Waals surface area contributed by atoms with Crippen LogP contribution in [0.15, 0.2) is 54.6 Å². The first-order chi connectivity index (χ1) is 10.2. The molecule has 1 fully saturated rings. The van der Waals surface area contributed by atoms with Crippen molar-refractivity contribution >= 4 is 35.1 Å². The van der Waals surface area contributed by atoms with Crippen LogP contribution in [-0.2, 0) is 4.08 Å². The Morgan fingerprint density at radius 1 is 1.10 bits per heavy atom. The minimum absolute atomic E-state index is 0.132. The van der Waals surface area contributed by atoms with E-state index < -0.39 is 0 Å². The number of aliphatic hydroxyl groups is 1. The quantitative estimate of drug-likeness (QED) is 0.842. The van der Waals surface area contributed by atoms with Gasteiger partial charge in [0.05, 0.1) is 6.61 Å². The Labute approximate surface area is 139 Å². The van der Waals surface area contributed by atoms with E-state index in [0.29, 0.717) is 5.25 Å². The first-order valence-electron chi connectivity index (χ1n) is 6.98. The molecular weight excluding hydrogens is 320 g/mol. The van der Waals surface area contributed by atoms with E-state index in [2.05, 4.69) is 18.2 Å². The highest BCUT2D eigenvalue weighted by atomic mass is 35.5. The summed E-state index contributed by atoms with van der Waals surface area (Å²) >= 11 is 10.0. The Morgan fingerprint density at radius 2 is 1.81 bits per heavy atom. The van der Waals surface area contributed by atoms with Crippen molar-refractivity contribution in [2.75, 3.05) is 12.4 Å². The number of halogens is 1. The monoisotopic (exact) mass is 336 g/mol. The molecular formula is C17H17ClOS2. The van der Waals surface area contributed by atoms with Gasteiger partial charge in [-0.15, -0.1) is 23.5 Å². The van der Waals surface area contributed by atoms with E-state index in [0.717, 1.165) is 17.2 Å². The Kier molecular flexibility index (Phi) is 4.85. The van der Waals surface area contributed by atoms with E-state index in [9.17, 15) is 5.11 Å². The van der Waals surface area contributed by atoms with Crippen LogP contribution in [0.4, 0.5) is 0 Å². The number of benzene rings is 2. The average molecular weight is 337 g/mol. The highest BCUT2D eigenvalue weighted by Gasteiger charge is 2.39. The van der Waals surface area contributed by atoms with Crippen LogP contribution in [0.3, 0.4) is 0 Å². The average Bonchev–Trinajstić information content (AvgIpc) is 2.56. The van der Waals surface area contributed by atoms with Gasteiger partial charge in [0.1, 0.15) is 4.08 Å². The molecule has 110 valence electrons. The molecule has 1 saturated heterocycles. The third kappa shape index (κ3) is 3.11. The van der Waals surface area contributed by atoms with Gasteiger partial charge < -0.3 is 5.11 Å². The molecule has 1 aliphatic heterocycles. The lowest BCUT2D eigenvalue weighted by Gasteiger charge is -2.39. The standard InChI is InChI=1S/C17H17ClOS2/c18-15-9-5-4-8-14(15)16-10-11-20-17(12-19,21-16)13-6-2-1-3-7-13/h1-9,16,19H,10-12H2. The van der Waals surface area contributed by atoms with Gasteiger partial charge in [-0.3, -0.25) is 0 Å². The topological polar surface area (TPSA) is 20.2 Å². The van der Waals surface area contributed by atoms with Gasteiger partial charge in [0, 0.05) is 10.3 Å². The van der Waals surface area contributed by atoms with E-state index in [1.165, 1.54) is 11.1 Å². The van der Waals surface area contributed by atoms with Gasteiger partial charge in [0.2, 0.25) is 0 Å². The Bertz CT molecular complexity index is 605. The Morgan fingerprint density at radius 3 is 2.52 bits per heavy atom. The minimum atomic E-state index is -0.288. The molecule has 21 heavy (non-hydrogen) atoms. The zero-order valence-electron chi connectivity index (χ0n) is 11.5. The van der Waals surface area contributed by atoms with Crippen LogP contribution >= 0.6 is 35.1 Å². The highest BCUT2D eigenvalue weighted by molar-refractivity contribution is 8.18. The highest BCUT2D eigenvalue weighted by Crippen LogP contribution is 2.58. The molecule has 2 unspecified atom stereocenters. The summed E-state index contributed by atoms with van der Waals surface area (Å²) in [5.41, 5.74) is 2.36. The van der Waals surface area contributed by atoms with Crippen LogP contribution in [-0.4, -0.2) is 17.5 Å². The summed E-state index contributed by atoms with van der Waals surface area (Å²) < 4.78 is -0.288. The smallest absolute Gasteiger partial charge is 0.110 e. The molecule has 1 N–H and O–H groups in total. The molecule has 1 aliphatic rings. The van der Waals surface area contributed by atoms with Crippen molar-refractivity contribution < 1.29 is 5.11 Å². The first-order valence-corrected chi connectivity index (χ1v) is 9.22. The first kappa shape index (κ1) is 15.3. The lowest BCUT2D eigenvalue weighted by Crippen LogP contribution is -2.28. The second-order valence-electron chi connectivity index (χ2n) is 5.04. The van der Waals surface area contributed by atoms with Crippen molar-refractivity contribution in [1.29, 1.82) is 0 Å². The molecule has 1 nitrogen and oxygen atoms in total. The number of rotatable bonds is 3. The summed E-state index contributed by atoms with van der Waals surface area (Å²) in [5.74, 6) is 1.03. The van der Waals surface area contributed by atoms with Gasteiger partial charge in [0.15, 0.2) is 0 Å². The van der Waals surface area contributed by atoms with Gasteiger partial charge in [-0.2, -0.15) is 0 Å². The maximum atomic E-state index is 10.1. The fourth-order valence-corrected chi connectivity index (χ4v) is 6.43. The molecule has 0 amide bonds. The second-order valence-corrected chi connectivity index (χ2v) is 8.60. The Hall–Kier alpha value is -0.610. The zero-order chi connectivity index (χ0) is 14.7. The van der Waals surface area contributed by atoms with Gasteiger partial charge in [-0.05, 0) is 29.4 Å². The molecule has 0 radical (unpaired) electrons. The van der Waals surface area contributed by atoms with Gasteiger partial charge in [-0.1, -0.05) is 60.1 Å². The molecule has 0 bridgehead atoms. The second kappa shape index (κ2) is 6.66. The lowest BCUT2D eigenvalue weighted by molar-refractivity contribution is 0.284. The van der Waals surface area contributed by atoms with E-state index >= 15 is 0 Å². The molecule has 0 aliphatic carbocycles. The van der Waals surface area contributed by atoms with Crippen LogP contribution in [0.2, 0.25) is 5.02 Å². The van der Waals surface area contributed by atoms with Crippen molar-refractivity contribution in [3.63, 3.8) is 0 Å². The van der Waals surface area contributed by atoms with Crippen LogP contribution in [0.1, 0.15) is 22.8 Å². The van der Waals surface area contributed by atoms with Crippen molar-refractivity contribution in [3.8, 4) is 0 Å². The summed E-state index contributed by atoms with van der Waals surface area (Å²) in [6.07, 6.45) is 1.08. The fraction of sp³-hybridized carbons (Fsp3) is 0.294. The number of hydrogen-bond acceptors (Lipinski definition) is 3. The van der Waals surface area contributed by atoms with E-state index in [4.69, 9.17) is 11.6 Å². The van der Waals surface area contributed by atoms with E-state index in [1.54, 1.807) is 0 Å². The largest absolute Gasteiger partial charge is 0.394 e. The van der Waals surface area contributed by atoms with Gasteiger partial charge >= 0.3 is 0 Å². The molecule has 2 aromatic rings. The molecule has 4 heteroatoms. The molecule has 1 heterocycles. The van der Waals surface area contributed by atoms with Crippen molar-refractivity contribution in [3.05, 3.63) is 70.7 Å². The number of thioether (sulfide) groups is 2. The van der Waals surface area contributed by atoms with Crippen LogP contribution in [0.5, 0.6) is 0 Å². The normalized spacial score (nSPS) is 25.7. The van der Waals surface area contributed by atoms with E-state index in [1.807, 2.05) is 59.9 Å². The number of hydrogen-bond donors (Lipinski definition) is 1. The van der Waals surface area contributed by atoms with E-state index in [-0.39, 0.29) is 10.7 Å². The van der Waals surface area contributed by atoms with Crippen LogP contribution in [0, 0.1) is 0 Å². The third-order valence-electron chi connectivity index (χ3n) is 3.72. The van der Waals surface area contributed by atoms with Gasteiger partial charge in [0.25, 0.3) is 0 Å². The fourth-order valence-electron chi connectivity index (χ4n) is 2.63. The van der Waals surface area contributed by atoms with Crippen LogP contribution < -0.4 is 0 Å². The summed E-state index contributed by atoms with van der Waals surface area (Å²) in [4.78, 5) is 0. The lowest BCUT2D eigenvalue weighted by atomic mass is 10.1. The Balaban J connectivity index is 1.93. The molecule has 2 aromatic carbocycles. The molecule has 0 saturated carbocycles. The van der Waals surface area contributed by atoms with Gasteiger partial charge in [-0.25, -0.2) is 0 Å². The van der Waals surface area contributed by atoms with Crippen molar-refractivity contribution in [2.45, 2.75) is 15.7 Å². The molecule has 2 atom stereocenters. The summed E-state index contributed by atoms with van der Waals surface area (Å²) in [6.45, 7) is 0.132.